The number of nitrogens with zero attached hydrogens (tertiary/aromatic N) is 4. The van der Waals surface area contributed by atoms with Crippen LogP contribution in [0.4, 0.5) is 0 Å². The first-order valence-electron chi connectivity index (χ1n) is 9.74. The molecule has 2 aromatic rings. The molecule has 3 heterocycles. The molecule has 1 aromatic heterocycles. The third-order valence-corrected chi connectivity index (χ3v) is 6.40. The molecule has 140 valence electrons. The zero-order valence-corrected chi connectivity index (χ0v) is 15.9. The number of rotatable bonds is 4. The van der Waals surface area contributed by atoms with Gasteiger partial charge in [0.25, 0.3) is 0 Å². The summed E-state index contributed by atoms with van der Waals surface area (Å²) in [5.41, 5.74) is 3.72. The van der Waals surface area contributed by atoms with Gasteiger partial charge in [-0.15, -0.1) is 0 Å². The molecule has 2 fully saturated rings. The third-order valence-electron chi connectivity index (χ3n) is 6.40. The number of fused-ring (bicyclic) bond motifs is 1. The van der Waals surface area contributed by atoms with E-state index in [4.69, 9.17) is 0 Å². The Bertz CT molecular complexity index is 758. The number of likely N-dealkylation sites (tertiary alicyclic amines) is 2. The summed E-state index contributed by atoms with van der Waals surface area (Å²) in [5.74, 6) is 0. The molecule has 26 heavy (non-hydrogen) atoms. The van der Waals surface area contributed by atoms with Gasteiger partial charge < -0.3 is 10.0 Å². The summed E-state index contributed by atoms with van der Waals surface area (Å²) in [6, 6.07) is 8.89. The van der Waals surface area contributed by atoms with Crippen LogP contribution < -0.4 is 0 Å². The van der Waals surface area contributed by atoms with Crippen LogP contribution in [0.3, 0.4) is 0 Å². The number of benzene rings is 1. The molecule has 0 spiro atoms. The third kappa shape index (κ3) is 3.31. The standard InChI is InChI=1S/C21H30N4O/c1-17-5-3-6-19(11-17)25-14-18(12-22-25)13-24-10-8-21(16-26)7-4-9-23(2)20(21)15-24/h3,5-6,11-12,14,20,26H,4,7-10,13,15-16H2,1-2H3/t20-,21-/m1/s1. The lowest BCUT2D eigenvalue weighted by Crippen LogP contribution is -2.61. The molecule has 4 rings (SSSR count). The van der Waals surface area contributed by atoms with Crippen LogP contribution in [0.2, 0.25) is 0 Å². The molecule has 2 aliphatic heterocycles. The van der Waals surface area contributed by atoms with Crippen LogP contribution in [0.15, 0.2) is 36.7 Å². The second-order valence-corrected chi connectivity index (χ2v) is 8.24. The lowest BCUT2D eigenvalue weighted by Gasteiger charge is -2.53. The van der Waals surface area contributed by atoms with Crippen molar-refractivity contribution in [2.24, 2.45) is 5.41 Å². The molecule has 2 atom stereocenters. The molecule has 5 heteroatoms. The minimum absolute atomic E-state index is 0.106. The zero-order valence-electron chi connectivity index (χ0n) is 15.9. The fraction of sp³-hybridized carbons (Fsp3) is 0.571. The predicted octanol–water partition coefficient (Wildman–Crippen LogP) is 2.46. The lowest BCUT2D eigenvalue weighted by atomic mass is 9.69. The van der Waals surface area contributed by atoms with Crippen molar-refractivity contribution in [3.8, 4) is 5.69 Å². The second-order valence-electron chi connectivity index (χ2n) is 8.24. The fourth-order valence-corrected chi connectivity index (χ4v) is 4.83. The van der Waals surface area contributed by atoms with Crippen molar-refractivity contribution in [3.63, 3.8) is 0 Å². The lowest BCUT2D eigenvalue weighted by molar-refractivity contribution is -0.0684. The Morgan fingerprint density at radius 2 is 2.15 bits per heavy atom. The summed E-state index contributed by atoms with van der Waals surface area (Å²) < 4.78 is 1.97. The maximum atomic E-state index is 10.1. The van der Waals surface area contributed by atoms with E-state index in [1.54, 1.807) is 0 Å². The zero-order chi connectivity index (χ0) is 18.1. The van der Waals surface area contributed by atoms with E-state index in [1.807, 2.05) is 10.9 Å². The number of aliphatic hydroxyl groups excluding tert-OH is 1. The first-order chi connectivity index (χ1) is 12.6. The Morgan fingerprint density at radius 1 is 1.27 bits per heavy atom. The summed E-state index contributed by atoms with van der Waals surface area (Å²) in [5, 5.41) is 14.6. The van der Waals surface area contributed by atoms with E-state index in [-0.39, 0.29) is 5.41 Å². The normalized spacial score (nSPS) is 27.4. The van der Waals surface area contributed by atoms with Crippen molar-refractivity contribution in [2.45, 2.75) is 38.8 Å². The molecular formula is C21H30N4O. The molecule has 2 saturated heterocycles. The first kappa shape index (κ1) is 17.7. The van der Waals surface area contributed by atoms with Crippen molar-refractivity contribution in [1.82, 2.24) is 19.6 Å². The van der Waals surface area contributed by atoms with Crippen molar-refractivity contribution in [3.05, 3.63) is 47.8 Å². The van der Waals surface area contributed by atoms with Gasteiger partial charge in [0.1, 0.15) is 0 Å². The Labute approximate surface area is 156 Å². The number of piperidine rings is 2. The Kier molecular flexibility index (Phi) is 4.86. The minimum Gasteiger partial charge on any atom is -0.396 e. The average Bonchev–Trinajstić information content (AvgIpc) is 3.11. The first-order valence-corrected chi connectivity index (χ1v) is 9.74. The quantitative estimate of drug-likeness (QED) is 0.916. The van der Waals surface area contributed by atoms with Crippen LogP contribution in [0.1, 0.15) is 30.4 Å². The summed E-state index contributed by atoms with van der Waals surface area (Å²) in [7, 11) is 2.22. The van der Waals surface area contributed by atoms with Crippen LogP contribution in [-0.2, 0) is 6.54 Å². The van der Waals surface area contributed by atoms with E-state index in [0.29, 0.717) is 12.6 Å². The number of aromatic nitrogens is 2. The SMILES string of the molecule is Cc1cccc(-n2cc(CN3CC[C@@]4(CO)CCCN(C)[C@@H]4C3)cn2)c1. The van der Waals surface area contributed by atoms with Gasteiger partial charge in [0.2, 0.25) is 0 Å². The largest absolute Gasteiger partial charge is 0.396 e. The van der Waals surface area contributed by atoms with Crippen molar-refractivity contribution in [2.75, 3.05) is 33.3 Å². The summed E-state index contributed by atoms with van der Waals surface area (Å²) in [4.78, 5) is 4.99. The van der Waals surface area contributed by atoms with Crippen LogP contribution in [-0.4, -0.2) is 64.0 Å². The van der Waals surface area contributed by atoms with E-state index in [9.17, 15) is 5.11 Å². The molecule has 0 amide bonds. The van der Waals surface area contributed by atoms with Crippen LogP contribution in [0.25, 0.3) is 5.69 Å². The highest BCUT2D eigenvalue weighted by molar-refractivity contribution is 5.35. The van der Waals surface area contributed by atoms with Gasteiger partial charge in [0.15, 0.2) is 0 Å². The Balaban J connectivity index is 1.45. The van der Waals surface area contributed by atoms with Gasteiger partial charge in [0, 0.05) is 36.3 Å². The second kappa shape index (κ2) is 7.14. The van der Waals surface area contributed by atoms with Crippen molar-refractivity contribution in [1.29, 1.82) is 0 Å². The summed E-state index contributed by atoms with van der Waals surface area (Å²) in [6.45, 7) is 6.59. The Hall–Kier alpha value is -1.69. The van der Waals surface area contributed by atoms with E-state index >= 15 is 0 Å². The van der Waals surface area contributed by atoms with Crippen LogP contribution in [0, 0.1) is 12.3 Å². The topological polar surface area (TPSA) is 44.5 Å². The van der Waals surface area contributed by atoms with Gasteiger partial charge in [-0.25, -0.2) is 4.68 Å². The minimum atomic E-state index is 0.106. The van der Waals surface area contributed by atoms with Gasteiger partial charge in [-0.1, -0.05) is 12.1 Å². The van der Waals surface area contributed by atoms with Gasteiger partial charge in [-0.05, 0) is 64.0 Å². The fourth-order valence-electron chi connectivity index (χ4n) is 4.83. The number of hydrogen-bond donors (Lipinski definition) is 1. The molecule has 0 aliphatic carbocycles. The molecule has 2 aliphatic rings. The number of hydrogen-bond acceptors (Lipinski definition) is 4. The number of aryl methyl sites for hydroxylation is 1. The highest BCUT2D eigenvalue weighted by atomic mass is 16.3. The molecule has 0 bridgehead atoms. The molecule has 0 saturated carbocycles. The van der Waals surface area contributed by atoms with Gasteiger partial charge >= 0.3 is 0 Å². The highest BCUT2D eigenvalue weighted by Gasteiger charge is 2.46. The van der Waals surface area contributed by atoms with Crippen LogP contribution in [0.5, 0.6) is 0 Å². The Morgan fingerprint density at radius 3 is 2.96 bits per heavy atom. The maximum absolute atomic E-state index is 10.1. The molecular weight excluding hydrogens is 324 g/mol. The highest BCUT2D eigenvalue weighted by Crippen LogP contribution is 2.41. The molecule has 1 N–H and O–H groups in total. The van der Waals surface area contributed by atoms with E-state index in [0.717, 1.165) is 44.7 Å². The molecule has 0 unspecified atom stereocenters. The summed E-state index contributed by atoms with van der Waals surface area (Å²) >= 11 is 0. The molecule has 0 radical (unpaired) electrons. The van der Waals surface area contributed by atoms with Gasteiger partial charge in [-0.2, -0.15) is 5.10 Å². The number of likely N-dealkylation sites (N-methyl/N-ethyl adjacent to an activating group) is 1. The molecule has 1 aromatic carbocycles. The summed E-state index contributed by atoms with van der Waals surface area (Å²) in [6.07, 6.45) is 7.59. The van der Waals surface area contributed by atoms with E-state index in [2.05, 4.69) is 59.3 Å². The van der Waals surface area contributed by atoms with Gasteiger partial charge in [0.05, 0.1) is 18.5 Å². The smallest absolute Gasteiger partial charge is 0.0648 e. The van der Waals surface area contributed by atoms with Crippen LogP contribution >= 0.6 is 0 Å². The van der Waals surface area contributed by atoms with Crippen molar-refractivity contribution < 1.29 is 5.11 Å². The average molecular weight is 354 g/mol. The van der Waals surface area contributed by atoms with E-state index in [1.165, 1.54) is 17.5 Å². The van der Waals surface area contributed by atoms with Gasteiger partial charge in [-0.3, -0.25) is 4.90 Å². The number of aliphatic hydroxyl groups is 1. The maximum Gasteiger partial charge on any atom is 0.0648 e. The monoisotopic (exact) mass is 354 g/mol. The predicted molar refractivity (Wildman–Crippen MR) is 103 cm³/mol. The van der Waals surface area contributed by atoms with E-state index < -0.39 is 0 Å². The van der Waals surface area contributed by atoms with Crippen molar-refractivity contribution >= 4 is 0 Å². The molecule has 5 nitrogen and oxygen atoms in total.